The molecule has 0 radical (unpaired) electrons. The van der Waals surface area contributed by atoms with Crippen LogP contribution in [0.15, 0.2) is 179 Å². The predicted molar refractivity (Wildman–Crippen MR) is 283 cm³/mol. The van der Waals surface area contributed by atoms with Crippen LogP contribution < -0.4 is 9.80 Å². The smallest absolute Gasteiger partial charge is 0.143 e. The second-order valence-electron chi connectivity index (χ2n) is 21.4. The van der Waals surface area contributed by atoms with Crippen LogP contribution in [0.1, 0.15) is 86.1 Å². The summed E-state index contributed by atoms with van der Waals surface area (Å²) < 4.78 is 14.1. The first-order valence-corrected chi connectivity index (χ1v) is 24.4. The van der Waals surface area contributed by atoms with Gasteiger partial charge in [-0.05, 0) is 131 Å². The highest BCUT2D eigenvalue weighted by molar-refractivity contribution is 6.17. The number of furan rings is 2. The predicted octanol–water partition coefficient (Wildman–Crippen LogP) is 16.2. The Morgan fingerprint density at radius 2 is 0.714 bits per heavy atom. The van der Waals surface area contributed by atoms with Crippen molar-refractivity contribution in [3.63, 3.8) is 0 Å². The Morgan fingerprint density at radius 1 is 0.343 bits per heavy atom. The Labute approximate surface area is 405 Å². The van der Waals surface area contributed by atoms with E-state index in [1.165, 1.54) is 44.5 Å². The normalized spacial score (nSPS) is 19.7. The minimum absolute atomic E-state index is 0.179. The van der Waals surface area contributed by atoms with Gasteiger partial charge in [-0.3, -0.25) is 0 Å². The zero-order valence-corrected chi connectivity index (χ0v) is 39.8. The molecule has 2 atom stereocenters. The highest BCUT2D eigenvalue weighted by Gasteiger charge is 2.45. The van der Waals surface area contributed by atoms with E-state index in [-0.39, 0.29) is 10.8 Å². The molecule has 6 nitrogen and oxygen atoms in total. The Balaban J connectivity index is 0.904. The third-order valence-electron chi connectivity index (χ3n) is 16.8. The minimum atomic E-state index is -1.38. The van der Waals surface area contributed by atoms with Crippen molar-refractivity contribution in [2.45, 2.75) is 63.6 Å². The number of rotatable bonds is 2. The Bertz CT molecular complexity index is 3890. The molecule has 0 saturated carbocycles. The standard InChI is InChI=1S/C64H48N2O4/c1-61(2)45-17-9-7-15-37(45)39-25-23-35(31-49(39)61)65-51-21-13-11-19-47(51)63(5,67)57-53(65)29-27-41-43-33-56-44(34-55(43)69-59(41)57)42-28-30-54-58(60(42)70-56)64(6,68)48-20-12-14-22-52(48)66(54)36-24-26-40-38-16-8-10-18-46(38)62(3,4)50(40)32-36/h7-34,67-68H,1-6H3. The van der Waals surface area contributed by atoms with Gasteiger partial charge in [-0.2, -0.15) is 0 Å². The maximum atomic E-state index is 12.8. The van der Waals surface area contributed by atoms with Crippen LogP contribution in [0.5, 0.6) is 0 Å². The molecular weight excluding hydrogens is 861 g/mol. The van der Waals surface area contributed by atoms with Gasteiger partial charge in [-0.1, -0.05) is 125 Å². The molecule has 2 unspecified atom stereocenters. The lowest BCUT2D eigenvalue weighted by Crippen LogP contribution is -2.33. The second-order valence-corrected chi connectivity index (χ2v) is 21.4. The van der Waals surface area contributed by atoms with Crippen molar-refractivity contribution >= 4 is 78.0 Å². The molecule has 0 amide bonds. The summed E-state index contributed by atoms with van der Waals surface area (Å²) in [5, 5.41) is 29.2. The van der Waals surface area contributed by atoms with Gasteiger partial charge in [-0.15, -0.1) is 0 Å². The summed E-state index contributed by atoms with van der Waals surface area (Å²) in [6, 6.07) is 60.0. The maximum absolute atomic E-state index is 12.8. The van der Waals surface area contributed by atoms with Crippen molar-refractivity contribution in [2.24, 2.45) is 0 Å². The van der Waals surface area contributed by atoms with E-state index in [1.807, 2.05) is 50.2 Å². The summed E-state index contributed by atoms with van der Waals surface area (Å²) >= 11 is 0. The molecule has 70 heavy (non-hydrogen) atoms. The van der Waals surface area contributed by atoms with E-state index in [9.17, 15) is 10.2 Å². The highest BCUT2D eigenvalue weighted by atomic mass is 16.3. The Hall–Kier alpha value is -7.90. The Kier molecular flexibility index (Phi) is 7.46. The average Bonchev–Trinajstić information content (AvgIpc) is 4.05. The first-order chi connectivity index (χ1) is 33.7. The first kappa shape index (κ1) is 40.0. The SMILES string of the molecule is CC1(C)c2ccccc2-c2ccc(N3c4ccccc4C(C)(O)c4c3ccc3c4oc4cc5c(cc43)oc3c4c(ccc35)N(c3ccc5c(c3)C(C)(C)c3ccccc3-5)c3ccccc3C4(C)O)cc21. The molecule has 2 N–H and O–H groups in total. The lowest BCUT2D eigenvalue weighted by molar-refractivity contribution is 0.102. The molecule has 0 fully saturated rings. The highest BCUT2D eigenvalue weighted by Crippen LogP contribution is 2.59. The maximum Gasteiger partial charge on any atom is 0.143 e. The summed E-state index contributed by atoms with van der Waals surface area (Å²) in [5.41, 5.74) is 18.5. The molecule has 2 aliphatic carbocycles. The molecule has 0 saturated heterocycles. The van der Waals surface area contributed by atoms with Crippen LogP contribution in [0.4, 0.5) is 34.1 Å². The van der Waals surface area contributed by atoms with Crippen LogP contribution in [0, 0.1) is 0 Å². The van der Waals surface area contributed by atoms with Crippen LogP contribution in [-0.4, -0.2) is 10.2 Å². The number of hydrogen-bond acceptors (Lipinski definition) is 6. The van der Waals surface area contributed by atoms with Crippen LogP contribution in [-0.2, 0) is 22.0 Å². The number of aliphatic hydroxyl groups is 2. The number of benzene rings is 9. The van der Waals surface area contributed by atoms with E-state index in [4.69, 9.17) is 8.83 Å². The molecule has 2 aromatic heterocycles. The summed E-state index contributed by atoms with van der Waals surface area (Å²) in [5.74, 6) is 0. The van der Waals surface area contributed by atoms with Crippen molar-refractivity contribution in [1.82, 2.24) is 0 Å². The number of fused-ring (bicyclic) bond motifs is 18. The molecule has 9 aromatic carbocycles. The van der Waals surface area contributed by atoms with Crippen LogP contribution >= 0.6 is 0 Å². The van der Waals surface area contributed by atoms with E-state index in [0.717, 1.165) is 66.8 Å². The summed E-state index contributed by atoms with van der Waals surface area (Å²) in [6.45, 7) is 13.0. The Morgan fingerprint density at radius 3 is 1.14 bits per heavy atom. The van der Waals surface area contributed by atoms with E-state index in [2.05, 4.69) is 171 Å². The van der Waals surface area contributed by atoms with E-state index >= 15 is 0 Å². The quantitative estimate of drug-likeness (QED) is 0.180. The van der Waals surface area contributed by atoms with Crippen LogP contribution in [0.25, 0.3) is 66.1 Å². The van der Waals surface area contributed by atoms with Gasteiger partial charge in [-0.25, -0.2) is 0 Å². The molecule has 11 aromatic rings. The van der Waals surface area contributed by atoms with Crippen molar-refractivity contribution in [2.75, 3.05) is 9.80 Å². The molecular formula is C64H48N2O4. The zero-order valence-electron chi connectivity index (χ0n) is 39.8. The van der Waals surface area contributed by atoms with Gasteiger partial charge in [0.2, 0.25) is 0 Å². The van der Waals surface area contributed by atoms with Crippen LogP contribution in [0.2, 0.25) is 0 Å². The zero-order chi connectivity index (χ0) is 47.4. The fourth-order valence-electron chi connectivity index (χ4n) is 13.4. The first-order valence-electron chi connectivity index (χ1n) is 24.4. The van der Waals surface area contributed by atoms with Crippen LogP contribution in [0.3, 0.4) is 0 Å². The molecule has 0 bridgehead atoms. The molecule has 15 rings (SSSR count). The molecule has 6 heteroatoms. The van der Waals surface area contributed by atoms with E-state index < -0.39 is 11.2 Å². The van der Waals surface area contributed by atoms with Crippen molar-refractivity contribution in [3.05, 3.63) is 214 Å². The van der Waals surface area contributed by atoms with Gasteiger partial charge in [0.05, 0.1) is 33.9 Å². The van der Waals surface area contributed by atoms with Gasteiger partial charge >= 0.3 is 0 Å². The molecule has 4 aliphatic rings. The summed E-state index contributed by atoms with van der Waals surface area (Å²) in [6.07, 6.45) is 0. The fourth-order valence-corrected chi connectivity index (χ4v) is 13.4. The largest absolute Gasteiger partial charge is 0.456 e. The summed E-state index contributed by atoms with van der Waals surface area (Å²) in [4.78, 5) is 4.57. The monoisotopic (exact) mass is 908 g/mol. The number of para-hydroxylation sites is 2. The average molecular weight is 909 g/mol. The van der Waals surface area contributed by atoms with E-state index in [1.54, 1.807) is 0 Å². The van der Waals surface area contributed by atoms with E-state index in [0.29, 0.717) is 33.5 Å². The number of hydrogen-bond donors (Lipinski definition) is 2. The van der Waals surface area contributed by atoms with Crippen molar-refractivity contribution in [3.8, 4) is 22.3 Å². The third-order valence-corrected chi connectivity index (χ3v) is 16.8. The van der Waals surface area contributed by atoms with Crippen molar-refractivity contribution < 1.29 is 19.0 Å². The van der Waals surface area contributed by atoms with Gasteiger partial charge < -0.3 is 28.8 Å². The minimum Gasteiger partial charge on any atom is -0.456 e. The second kappa shape index (κ2) is 13.0. The van der Waals surface area contributed by atoms with Gasteiger partial charge in [0.15, 0.2) is 0 Å². The molecule has 338 valence electrons. The lowest BCUT2D eigenvalue weighted by atomic mass is 9.80. The topological polar surface area (TPSA) is 73.2 Å². The van der Waals surface area contributed by atoms with Gasteiger partial charge in [0.25, 0.3) is 0 Å². The molecule has 0 spiro atoms. The third kappa shape index (κ3) is 4.85. The van der Waals surface area contributed by atoms with Gasteiger partial charge in [0.1, 0.15) is 33.5 Å². The number of nitrogens with zero attached hydrogens (tertiary/aromatic N) is 2. The molecule has 4 heterocycles. The lowest BCUT2D eigenvalue weighted by Gasteiger charge is -2.41. The molecule has 2 aliphatic heterocycles. The fraction of sp³-hybridized carbons (Fsp3) is 0.156. The number of anilines is 6. The van der Waals surface area contributed by atoms with Crippen molar-refractivity contribution in [1.29, 1.82) is 0 Å². The summed E-state index contributed by atoms with van der Waals surface area (Å²) in [7, 11) is 0. The van der Waals surface area contributed by atoms with Gasteiger partial charge in [0, 0.05) is 54.9 Å².